The van der Waals surface area contributed by atoms with Crippen molar-refractivity contribution in [3.05, 3.63) is 62.1 Å². The third-order valence-electron chi connectivity index (χ3n) is 3.16. The zero-order valence-electron chi connectivity index (χ0n) is 13.4. The van der Waals surface area contributed by atoms with Gasteiger partial charge in [-0.2, -0.15) is 0 Å². The van der Waals surface area contributed by atoms with Crippen molar-refractivity contribution in [2.24, 2.45) is 0 Å². The molecular weight excluding hydrogens is 459 g/mol. The molecule has 8 heteroatoms. The number of ether oxygens (including phenoxy) is 2. The predicted octanol–water partition coefficient (Wildman–Crippen LogP) is 3.29. The molecule has 0 spiro atoms. The molecule has 1 amide bonds. The molecule has 1 aromatic carbocycles. The van der Waals surface area contributed by atoms with Crippen molar-refractivity contribution in [3.63, 3.8) is 0 Å². The van der Waals surface area contributed by atoms with Crippen LogP contribution in [0, 0.1) is 3.57 Å². The minimum absolute atomic E-state index is 0.0291. The first-order chi connectivity index (χ1) is 12.0. The second kappa shape index (κ2) is 8.82. The largest absolute Gasteiger partial charge is 0.497 e. The third kappa shape index (κ3) is 4.93. The molecule has 1 heterocycles. The predicted molar refractivity (Wildman–Crippen MR) is 102 cm³/mol. The molecule has 0 aliphatic heterocycles. The van der Waals surface area contributed by atoms with Gasteiger partial charge in [-0.15, -0.1) is 0 Å². The van der Waals surface area contributed by atoms with Crippen LogP contribution in [-0.4, -0.2) is 31.1 Å². The normalized spacial score (nSPS) is 11.0. The van der Waals surface area contributed by atoms with E-state index in [4.69, 9.17) is 21.1 Å². The number of halogens is 2. The van der Waals surface area contributed by atoms with Gasteiger partial charge in [0.25, 0.3) is 5.91 Å². The topological polar surface area (TPSA) is 77.5 Å². The van der Waals surface area contributed by atoms with E-state index in [0.29, 0.717) is 11.3 Å². The van der Waals surface area contributed by atoms with Crippen molar-refractivity contribution in [1.29, 1.82) is 0 Å². The molecule has 0 atom stereocenters. The van der Waals surface area contributed by atoms with Crippen molar-refractivity contribution in [2.45, 2.75) is 0 Å². The Morgan fingerprint density at radius 1 is 1.28 bits per heavy atom. The zero-order chi connectivity index (χ0) is 18.4. The molecule has 0 radical (unpaired) electrons. The van der Waals surface area contributed by atoms with Crippen molar-refractivity contribution in [3.8, 4) is 5.75 Å². The summed E-state index contributed by atoms with van der Waals surface area (Å²) < 4.78 is 10.8. The van der Waals surface area contributed by atoms with Crippen LogP contribution in [0.4, 0.5) is 0 Å². The molecule has 2 aromatic rings. The van der Waals surface area contributed by atoms with Crippen molar-refractivity contribution in [1.82, 2.24) is 10.3 Å². The van der Waals surface area contributed by atoms with Gasteiger partial charge in [-0.05, 0) is 64.6 Å². The Hall–Kier alpha value is -2.13. The minimum Gasteiger partial charge on any atom is -0.497 e. The number of carbonyl (C=O) groups is 2. The third-order valence-corrected chi connectivity index (χ3v) is 4.44. The summed E-state index contributed by atoms with van der Waals surface area (Å²) in [6, 6.07) is 8.46. The first kappa shape index (κ1) is 19.2. The van der Waals surface area contributed by atoms with Crippen molar-refractivity contribution < 1.29 is 19.1 Å². The average molecular weight is 473 g/mol. The van der Waals surface area contributed by atoms with Gasteiger partial charge in [0.2, 0.25) is 0 Å². The summed E-state index contributed by atoms with van der Waals surface area (Å²) in [5, 5.41) is 2.56. The van der Waals surface area contributed by atoms with Gasteiger partial charge in [-0.25, -0.2) is 9.78 Å². The van der Waals surface area contributed by atoms with Crippen molar-refractivity contribution in [2.75, 3.05) is 14.2 Å². The van der Waals surface area contributed by atoms with Gasteiger partial charge in [-0.1, -0.05) is 11.6 Å². The van der Waals surface area contributed by atoms with E-state index in [0.717, 1.165) is 3.57 Å². The van der Waals surface area contributed by atoms with Gasteiger partial charge in [0.1, 0.15) is 16.6 Å². The molecule has 0 saturated heterocycles. The Balaban J connectivity index is 2.39. The first-order valence-electron chi connectivity index (χ1n) is 7.01. The maximum absolute atomic E-state index is 12.4. The molecule has 0 fully saturated rings. The lowest BCUT2D eigenvalue weighted by molar-refractivity contribution is -0.136. The van der Waals surface area contributed by atoms with Gasteiger partial charge in [0.15, 0.2) is 0 Å². The summed E-state index contributed by atoms with van der Waals surface area (Å²) in [5.74, 6) is -0.628. The van der Waals surface area contributed by atoms with Gasteiger partial charge < -0.3 is 14.8 Å². The van der Waals surface area contributed by atoms with Crippen molar-refractivity contribution >= 4 is 52.1 Å². The number of amides is 1. The second-order valence-electron chi connectivity index (χ2n) is 4.73. The molecule has 1 N–H and O–H groups in total. The molecule has 0 aliphatic carbocycles. The lowest BCUT2D eigenvalue weighted by Gasteiger charge is -2.10. The summed E-state index contributed by atoms with van der Waals surface area (Å²) >= 11 is 8.03. The molecular formula is C17H14ClIN2O4. The Bertz CT molecular complexity index is 839. The molecule has 0 saturated carbocycles. The fourth-order valence-corrected chi connectivity index (χ4v) is 2.61. The summed E-state index contributed by atoms with van der Waals surface area (Å²) in [6.45, 7) is 0. The number of esters is 1. The number of benzene rings is 1. The van der Waals surface area contributed by atoms with E-state index < -0.39 is 11.9 Å². The number of carbonyl (C=O) groups excluding carboxylic acids is 2. The van der Waals surface area contributed by atoms with Crippen LogP contribution in [0.2, 0.25) is 5.15 Å². The number of nitrogens with one attached hydrogen (secondary N) is 1. The van der Waals surface area contributed by atoms with Gasteiger partial charge in [0, 0.05) is 9.77 Å². The monoisotopic (exact) mass is 472 g/mol. The highest BCUT2D eigenvalue weighted by Crippen LogP contribution is 2.22. The SMILES string of the molecule is COC(=O)/C(=C/c1cc(OC)ccc1I)NC(=O)c1cccnc1Cl. The number of rotatable bonds is 5. The quantitative estimate of drug-likeness (QED) is 0.313. The van der Waals surface area contributed by atoms with Crippen LogP contribution in [-0.2, 0) is 9.53 Å². The molecule has 2 rings (SSSR count). The highest BCUT2D eigenvalue weighted by atomic mass is 127. The lowest BCUT2D eigenvalue weighted by atomic mass is 10.1. The first-order valence-corrected chi connectivity index (χ1v) is 8.47. The summed E-state index contributed by atoms with van der Waals surface area (Å²) in [7, 11) is 2.78. The summed E-state index contributed by atoms with van der Waals surface area (Å²) in [4.78, 5) is 28.3. The highest BCUT2D eigenvalue weighted by Gasteiger charge is 2.18. The smallest absolute Gasteiger partial charge is 0.354 e. The molecule has 6 nitrogen and oxygen atoms in total. The number of nitrogens with zero attached hydrogens (tertiary/aromatic N) is 1. The number of aromatic nitrogens is 1. The van der Waals surface area contributed by atoms with Crippen LogP contribution in [0.25, 0.3) is 6.08 Å². The maximum atomic E-state index is 12.4. The fraction of sp³-hybridized carbons (Fsp3) is 0.118. The number of methoxy groups -OCH3 is 2. The number of hydrogen-bond acceptors (Lipinski definition) is 5. The number of hydrogen-bond donors (Lipinski definition) is 1. The van der Waals surface area contributed by atoms with Crippen LogP contribution < -0.4 is 10.1 Å². The van der Waals surface area contributed by atoms with Crippen LogP contribution in [0.1, 0.15) is 15.9 Å². The molecule has 0 bridgehead atoms. The molecule has 130 valence electrons. The zero-order valence-corrected chi connectivity index (χ0v) is 16.3. The van der Waals surface area contributed by atoms with E-state index >= 15 is 0 Å². The van der Waals surface area contributed by atoms with Gasteiger partial charge >= 0.3 is 5.97 Å². The highest BCUT2D eigenvalue weighted by molar-refractivity contribution is 14.1. The van der Waals surface area contributed by atoms with Crippen LogP contribution in [0.3, 0.4) is 0 Å². The Kier molecular flexibility index (Phi) is 6.77. The molecule has 25 heavy (non-hydrogen) atoms. The Morgan fingerprint density at radius 2 is 2.04 bits per heavy atom. The Morgan fingerprint density at radius 3 is 2.68 bits per heavy atom. The average Bonchev–Trinajstić information content (AvgIpc) is 2.62. The van der Waals surface area contributed by atoms with E-state index in [1.807, 2.05) is 6.07 Å². The van der Waals surface area contributed by atoms with Crippen LogP contribution in [0.5, 0.6) is 5.75 Å². The molecule has 0 unspecified atom stereocenters. The number of pyridine rings is 1. The van der Waals surface area contributed by atoms with E-state index in [1.165, 1.54) is 25.4 Å². The van der Waals surface area contributed by atoms with Crippen LogP contribution in [0.15, 0.2) is 42.2 Å². The fourth-order valence-electron chi connectivity index (χ4n) is 1.92. The minimum atomic E-state index is -0.688. The standard InChI is InChI=1S/C17H14ClIN2O4/c1-24-11-5-6-13(19)10(8-11)9-14(17(23)25-2)21-16(22)12-4-3-7-20-15(12)18/h3-9H,1-2H3,(H,21,22)/b14-9-. The summed E-state index contributed by atoms with van der Waals surface area (Å²) in [6.07, 6.45) is 2.98. The lowest BCUT2D eigenvalue weighted by Crippen LogP contribution is -2.28. The molecule has 1 aromatic heterocycles. The van der Waals surface area contributed by atoms with Gasteiger partial charge in [0.05, 0.1) is 19.8 Å². The second-order valence-corrected chi connectivity index (χ2v) is 6.25. The maximum Gasteiger partial charge on any atom is 0.354 e. The van der Waals surface area contributed by atoms with Gasteiger partial charge in [-0.3, -0.25) is 4.79 Å². The van der Waals surface area contributed by atoms with E-state index in [1.54, 1.807) is 25.3 Å². The summed E-state index contributed by atoms with van der Waals surface area (Å²) in [5.41, 5.74) is 0.816. The van der Waals surface area contributed by atoms with E-state index in [9.17, 15) is 9.59 Å². The van der Waals surface area contributed by atoms with E-state index in [2.05, 4.69) is 32.9 Å². The van der Waals surface area contributed by atoms with Crippen LogP contribution >= 0.6 is 34.2 Å². The molecule has 0 aliphatic rings. The Labute approximate surface area is 163 Å². The van der Waals surface area contributed by atoms with E-state index in [-0.39, 0.29) is 16.4 Å².